The van der Waals surface area contributed by atoms with Crippen LogP contribution in [0.5, 0.6) is 0 Å². The maximum atomic E-state index is 11.1. The topological polar surface area (TPSA) is 88.4 Å². The molecule has 98 valence electrons. The molecule has 0 unspecified atom stereocenters. The van der Waals surface area contributed by atoms with Gasteiger partial charge in [-0.2, -0.15) is 0 Å². The summed E-state index contributed by atoms with van der Waals surface area (Å²) < 4.78 is 24.0. The first-order valence-corrected chi connectivity index (χ1v) is 7.49. The highest BCUT2D eigenvalue weighted by atomic mass is 32.2. The molecular formula is C10H15N5O2S. The lowest BCUT2D eigenvalue weighted by Crippen LogP contribution is -2.15. The molecule has 0 fully saturated rings. The van der Waals surface area contributed by atoms with Gasteiger partial charge in [-0.05, 0) is 0 Å². The SMILES string of the molecule is CNc1cn2ccnc2c(NCCS(C)(=O)=O)n1. The molecule has 0 bridgehead atoms. The van der Waals surface area contributed by atoms with Crippen molar-refractivity contribution in [2.75, 3.05) is 36.2 Å². The number of sulfone groups is 1. The van der Waals surface area contributed by atoms with Crippen LogP contribution in [0.15, 0.2) is 18.6 Å². The summed E-state index contributed by atoms with van der Waals surface area (Å²) in [4.78, 5) is 8.48. The van der Waals surface area contributed by atoms with Gasteiger partial charge in [0, 0.05) is 32.2 Å². The first-order chi connectivity index (χ1) is 8.49. The summed E-state index contributed by atoms with van der Waals surface area (Å²) >= 11 is 0. The van der Waals surface area contributed by atoms with E-state index in [4.69, 9.17) is 0 Å². The molecule has 0 aliphatic carbocycles. The van der Waals surface area contributed by atoms with Crippen LogP contribution in [0.25, 0.3) is 5.65 Å². The summed E-state index contributed by atoms with van der Waals surface area (Å²) in [5, 5.41) is 5.93. The van der Waals surface area contributed by atoms with Crippen LogP contribution >= 0.6 is 0 Å². The van der Waals surface area contributed by atoms with Crippen LogP contribution in [0.4, 0.5) is 11.6 Å². The molecule has 2 aromatic rings. The van der Waals surface area contributed by atoms with Crippen LogP contribution in [-0.2, 0) is 9.84 Å². The van der Waals surface area contributed by atoms with Crippen molar-refractivity contribution in [2.45, 2.75) is 0 Å². The smallest absolute Gasteiger partial charge is 0.180 e. The third-order valence-electron chi connectivity index (χ3n) is 2.40. The zero-order valence-electron chi connectivity index (χ0n) is 10.2. The lowest BCUT2D eigenvalue weighted by atomic mass is 10.5. The molecule has 8 heteroatoms. The Morgan fingerprint density at radius 2 is 2.22 bits per heavy atom. The summed E-state index contributed by atoms with van der Waals surface area (Å²) in [5.74, 6) is 1.31. The maximum Gasteiger partial charge on any atom is 0.180 e. The van der Waals surface area contributed by atoms with Crippen molar-refractivity contribution >= 4 is 27.1 Å². The number of imidazole rings is 1. The molecule has 0 atom stereocenters. The highest BCUT2D eigenvalue weighted by Crippen LogP contribution is 2.15. The molecule has 18 heavy (non-hydrogen) atoms. The molecule has 0 aromatic carbocycles. The number of hydrogen-bond acceptors (Lipinski definition) is 6. The summed E-state index contributed by atoms with van der Waals surface area (Å²) in [5.41, 5.74) is 0.669. The van der Waals surface area contributed by atoms with E-state index >= 15 is 0 Å². The molecule has 0 radical (unpaired) electrons. The van der Waals surface area contributed by atoms with E-state index < -0.39 is 9.84 Å². The zero-order chi connectivity index (χ0) is 13.2. The minimum Gasteiger partial charge on any atom is -0.372 e. The van der Waals surface area contributed by atoms with Crippen molar-refractivity contribution in [3.05, 3.63) is 18.6 Å². The molecule has 7 nitrogen and oxygen atoms in total. The monoisotopic (exact) mass is 269 g/mol. The van der Waals surface area contributed by atoms with Gasteiger partial charge < -0.3 is 15.0 Å². The third kappa shape index (κ3) is 2.89. The lowest BCUT2D eigenvalue weighted by molar-refractivity contribution is 0.602. The van der Waals surface area contributed by atoms with E-state index in [0.717, 1.165) is 0 Å². The van der Waals surface area contributed by atoms with Gasteiger partial charge in [-0.3, -0.25) is 0 Å². The van der Waals surface area contributed by atoms with Gasteiger partial charge >= 0.3 is 0 Å². The number of nitrogens with zero attached hydrogens (tertiary/aromatic N) is 3. The first kappa shape index (κ1) is 12.6. The van der Waals surface area contributed by atoms with Gasteiger partial charge in [0.05, 0.1) is 11.9 Å². The van der Waals surface area contributed by atoms with Crippen LogP contribution < -0.4 is 10.6 Å². The molecule has 0 amide bonds. The van der Waals surface area contributed by atoms with Gasteiger partial charge in [-0.25, -0.2) is 18.4 Å². The van der Waals surface area contributed by atoms with Gasteiger partial charge in [0.2, 0.25) is 0 Å². The Kier molecular flexibility index (Phi) is 3.37. The van der Waals surface area contributed by atoms with Gasteiger partial charge in [-0.15, -0.1) is 0 Å². The lowest BCUT2D eigenvalue weighted by Gasteiger charge is -2.08. The summed E-state index contributed by atoms with van der Waals surface area (Å²) in [6.07, 6.45) is 6.49. The number of aromatic nitrogens is 3. The van der Waals surface area contributed by atoms with Crippen molar-refractivity contribution in [1.29, 1.82) is 0 Å². The molecule has 0 aliphatic heterocycles. The van der Waals surface area contributed by atoms with Gasteiger partial charge in [-0.1, -0.05) is 0 Å². The molecule has 2 rings (SSSR count). The van der Waals surface area contributed by atoms with Crippen molar-refractivity contribution in [1.82, 2.24) is 14.4 Å². The van der Waals surface area contributed by atoms with Gasteiger partial charge in [0.1, 0.15) is 15.7 Å². The fourth-order valence-electron chi connectivity index (χ4n) is 1.53. The quantitative estimate of drug-likeness (QED) is 0.807. The van der Waals surface area contributed by atoms with Crippen LogP contribution in [-0.4, -0.2) is 48.4 Å². The summed E-state index contributed by atoms with van der Waals surface area (Å²) in [6.45, 7) is 0.307. The second kappa shape index (κ2) is 4.81. The standard InChI is InChI=1S/C10H15N5O2S/c1-11-8-7-15-5-3-13-10(15)9(14-8)12-4-6-18(2,16)17/h3,5,7,11H,4,6H2,1-2H3,(H,12,14). The Morgan fingerprint density at radius 1 is 1.44 bits per heavy atom. The first-order valence-electron chi connectivity index (χ1n) is 5.42. The molecule has 2 heterocycles. The number of hydrogen-bond donors (Lipinski definition) is 2. The average Bonchev–Trinajstić information content (AvgIpc) is 2.75. The number of anilines is 2. The Labute approximate surface area is 105 Å². The molecule has 0 aliphatic rings. The van der Waals surface area contributed by atoms with Crippen LogP contribution in [0.1, 0.15) is 0 Å². The molecule has 2 N–H and O–H groups in total. The van der Waals surface area contributed by atoms with E-state index in [-0.39, 0.29) is 5.75 Å². The largest absolute Gasteiger partial charge is 0.372 e. The third-order valence-corrected chi connectivity index (χ3v) is 3.34. The van der Waals surface area contributed by atoms with Crippen LogP contribution in [0.3, 0.4) is 0 Å². The Bertz CT molecular complexity index is 649. The molecular weight excluding hydrogens is 254 g/mol. The zero-order valence-corrected chi connectivity index (χ0v) is 11.0. The van der Waals surface area contributed by atoms with Gasteiger partial charge in [0.15, 0.2) is 11.5 Å². The van der Waals surface area contributed by atoms with Crippen molar-refractivity contribution in [3.8, 4) is 0 Å². The Morgan fingerprint density at radius 3 is 2.89 bits per heavy atom. The van der Waals surface area contributed by atoms with Crippen molar-refractivity contribution < 1.29 is 8.42 Å². The van der Waals surface area contributed by atoms with Gasteiger partial charge in [0.25, 0.3) is 0 Å². The second-order valence-electron chi connectivity index (χ2n) is 3.94. The van der Waals surface area contributed by atoms with Crippen LogP contribution in [0, 0.1) is 0 Å². The van der Waals surface area contributed by atoms with E-state index in [9.17, 15) is 8.42 Å². The predicted octanol–water partition coefficient (Wildman–Crippen LogP) is 0.227. The average molecular weight is 269 g/mol. The maximum absolute atomic E-state index is 11.1. The van der Waals surface area contributed by atoms with E-state index in [2.05, 4.69) is 20.6 Å². The number of rotatable bonds is 5. The fourth-order valence-corrected chi connectivity index (χ4v) is 2.00. The van der Waals surface area contributed by atoms with E-state index in [1.165, 1.54) is 6.26 Å². The molecule has 2 aromatic heterocycles. The minimum absolute atomic E-state index is 0.0608. The highest BCUT2D eigenvalue weighted by Gasteiger charge is 2.08. The molecule has 0 saturated heterocycles. The number of nitrogens with one attached hydrogen (secondary N) is 2. The summed E-state index contributed by atoms with van der Waals surface area (Å²) in [7, 11) is -1.21. The van der Waals surface area contributed by atoms with E-state index in [1.54, 1.807) is 19.4 Å². The highest BCUT2D eigenvalue weighted by molar-refractivity contribution is 7.90. The second-order valence-corrected chi connectivity index (χ2v) is 6.20. The summed E-state index contributed by atoms with van der Waals surface area (Å²) in [6, 6.07) is 0. The normalized spacial score (nSPS) is 11.7. The van der Waals surface area contributed by atoms with Crippen molar-refractivity contribution in [3.63, 3.8) is 0 Å². The van der Waals surface area contributed by atoms with Crippen molar-refractivity contribution in [2.24, 2.45) is 0 Å². The predicted molar refractivity (Wildman–Crippen MR) is 70.7 cm³/mol. The number of fused-ring (bicyclic) bond motifs is 1. The fraction of sp³-hybridized carbons (Fsp3) is 0.400. The molecule has 0 spiro atoms. The van der Waals surface area contributed by atoms with E-state index in [1.807, 2.05) is 10.6 Å². The Balaban J connectivity index is 2.23. The van der Waals surface area contributed by atoms with E-state index in [0.29, 0.717) is 23.8 Å². The Hall–Kier alpha value is -1.83. The molecule has 0 saturated carbocycles. The van der Waals surface area contributed by atoms with Crippen LogP contribution in [0.2, 0.25) is 0 Å². The minimum atomic E-state index is -2.98.